The molecule has 1 unspecified atom stereocenters. The first-order valence-electron chi connectivity index (χ1n) is 5.55. The third-order valence-electron chi connectivity index (χ3n) is 2.30. The largest absolute Gasteiger partial charge is 0.396 e. The van der Waals surface area contributed by atoms with E-state index in [2.05, 4.69) is 10.3 Å². The van der Waals surface area contributed by atoms with Crippen LogP contribution < -0.4 is 11.0 Å². The van der Waals surface area contributed by atoms with E-state index in [0.29, 0.717) is 12.8 Å². The summed E-state index contributed by atoms with van der Waals surface area (Å²) in [5.74, 6) is -0.231. The van der Waals surface area contributed by atoms with Crippen molar-refractivity contribution >= 4 is 5.91 Å². The van der Waals surface area contributed by atoms with Crippen LogP contribution in [-0.4, -0.2) is 33.2 Å². The van der Waals surface area contributed by atoms with Crippen molar-refractivity contribution in [3.63, 3.8) is 0 Å². The van der Waals surface area contributed by atoms with E-state index in [4.69, 9.17) is 5.11 Å². The first-order chi connectivity index (χ1) is 8.13. The SMILES string of the molecule is CC(CCCO)NC(=O)Cn1cccnc1=O. The van der Waals surface area contributed by atoms with Crippen molar-refractivity contribution in [2.24, 2.45) is 0 Å². The third-order valence-corrected chi connectivity index (χ3v) is 2.30. The Bertz CT molecular complexity index is 416. The third kappa shape index (κ3) is 4.78. The molecule has 1 aromatic rings. The summed E-state index contributed by atoms with van der Waals surface area (Å²) in [6.07, 6.45) is 4.27. The molecule has 0 aromatic carbocycles. The van der Waals surface area contributed by atoms with Crippen molar-refractivity contribution in [1.82, 2.24) is 14.9 Å². The molecule has 0 saturated carbocycles. The van der Waals surface area contributed by atoms with Crippen molar-refractivity contribution in [2.45, 2.75) is 32.4 Å². The summed E-state index contributed by atoms with van der Waals surface area (Å²) >= 11 is 0. The second-order valence-corrected chi connectivity index (χ2v) is 3.86. The molecule has 1 aromatic heterocycles. The molecular weight excluding hydrogens is 222 g/mol. The molecule has 0 saturated heterocycles. The number of amides is 1. The van der Waals surface area contributed by atoms with E-state index >= 15 is 0 Å². The number of aliphatic hydroxyl groups is 1. The lowest BCUT2D eigenvalue weighted by Crippen LogP contribution is -2.37. The maximum Gasteiger partial charge on any atom is 0.347 e. The van der Waals surface area contributed by atoms with Gasteiger partial charge in [-0.1, -0.05) is 0 Å². The second kappa shape index (κ2) is 6.80. The van der Waals surface area contributed by atoms with Gasteiger partial charge in [0.05, 0.1) is 0 Å². The Balaban J connectivity index is 2.45. The van der Waals surface area contributed by atoms with Crippen molar-refractivity contribution in [3.05, 3.63) is 28.9 Å². The number of carbonyl (C=O) groups excluding carboxylic acids is 1. The summed E-state index contributed by atoms with van der Waals surface area (Å²) in [4.78, 5) is 26.4. The highest BCUT2D eigenvalue weighted by Crippen LogP contribution is 1.95. The molecule has 6 heteroatoms. The highest BCUT2D eigenvalue weighted by Gasteiger charge is 2.08. The van der Waals surface area contributed by atoms with E-state index in [1.54, 1.807) is 6.07 Å². The first kappa shape index (κ1) is 13.4. The maximum atomic E-state index is 11.6. The van der Waals surface area contributed by atoms with Gasteiger partial charge in [-0.15, -0.1) is 0 Å². The van der Waals surface area contributed by atoms with Crippen LogP contribution in [0.15, 0.2) is 23.3 Å². The first-order valence-corrected chi connectivity index (χ1v) is 5.55. The number of hydrogen-bond acceptors (Lipinski definition) is 4. The van der Waals surface area contributed by atoms with E-state index in [1.807, 2.05) is 6.92 Å². The van der Waals surface area contributed by atoms with Gasteiger partial charge in [0.25, 0.3) is 0 Å². The predicted octanol–water partition coefficient (Wildman–Crippen LogP) is -0.480. The number of carbonyl (C=O) groups is 1. The molecule has 17 heavy (non-hydrogen) atoms. The number of nitrogens with one attached hydrogen (secondary N) is 1. The summed E-state index contributed by atoms with van der Waals surface area (Å²) in [6, 6.07) is 1.59. The molecule has 0 aliphatic heterocycles. The van der Waals surface area contributed by atoms with Gasteiger partial charge in [-0.3, -0.25) is 9.36 Å². The lowest BCUT2D eigenvalue weighted by molar-refractivity contribution is -0.122. The zero-order chi connectivity index (χ0) is 12.7. The standard InChI is InChI=1S/C11H17N3O3/c1-9(4-2-7-15)13-10(16)8-14-6-3-5-12-11(14)17/h3,5-6,9,15H,2,4,7-8H2,1H3,(H,13,16). The van der Waals surface area contributed by atoms with Gasteiger partial charge < -0.3 is 10.4 Å². The Labute approximate surface area is 99.3 Å². The van der Waals surface area contributed by atoms with Gasteiger partial charge in [0.1, 0.15) is 6.54 Å². The minimum atomic E-state index is -0.439. The fourth-order valence-electron chi connectivity index (χ4n) is 1.45. The molecule has 1 atom stereocenters. The number of hydrogen-bond donors (Lipinski definition) is 2. The number of rotatable bonds is 6. The van der Waals surface area contributed by atoms with Crippen molar-refractivity contribution in [2.75, 3.05) is 6.61 Å². The Morgan fingerprint density at radius 1 is 1.65 bits per heavy atom. The van der Waals surface area contributed by atoms with Crippen LogP contribution in [0.4, 0.5) is 0 Å². The van der Waals surface area contributed by atoms with E-state index in [1.165, 1.54) is 17.0 Å². The summed E-state index contributed by atoms with van der Waals surface area (Å²) in [5, 5.41) is 11.4. The zero-order valence-electron chi connectivity index (χ0n) is 9.80. The van der Waals surface area contributed by atoms with Crippen LogP contribution in [0, 0.1) is 0 Å². The maximum absolute atomic E-state index is 11.6. The summed E-state index contributed by atoms with van der Waals surface area (Å²) in [6.45, 7) is 1.94. The van der Waals surface area contributed by atoms with Crippen LogP contribution in [0.1, 0.15) is 19.8 Å². The Morgan fingerprint density at radius 2 is 2.41 bits per heavy atom. The average molecular weight is 239 g/mol. The average Bonchev–Trinajstić information content (AvgIpc) is 2.29. The highest BCUT2D eigenvalue weighted by molar-refractivity contribution is 5.75. The lowest BCUT2D eigenvalue weighted by atomic mass is 10.2. The second-order valence-electron chi connectivity index (χ2n) is 3.86. The molecule has 0 aliphatic rings. The molecule has 1 amide bonds. The highest BCUT2D eigenvalue weighted by atomic mass is 16.3. The van der Waals surface area contributed by atoms with E-state index < -0.39 is 5.69 Å². The topological polar surface area (TPSA) is 84.2 Å². The minimum absolute atomic E-state index is 0.0120. The summed E-state index contributed by atoms with van der Waals surface area (Å²) in [7, 11) is 0. The number of aromatic nitrogens is 2. The fraction of sp³-hybridized carbons (Fsp3) is 0.545. The Hall–Kier alpha value is -1.69. The molecule has 1 heterocycles. The van der Waals surface area contributed by atoms with Gasteiger partial charge in [0.15, 0.2) is 0 Å². The van der Waals surface area contributed by atoms with E-state index in [0.717, 1.165) is 0 Å². The van der Waals surface area contributed by atoms with Gasteiger partial charge in [-0.05, 0) is 25.8 Å². The van der Waals surface area contributed by atoms with Gasteiger partial charge in [0, 0.05) is 25.0 Å². The molecule has 6 nitrogen and oxygen atoms in total. The quantitative estimate of drug-likeness (QED) is 0.702. The molecule has 2 N–H and O–H groups in total. The molecule has 94 valence electrons. The smallest absolute Gasteiger partial charge is 0.347 e. The van der Waals surface area contributed by atoms with Crippen LogP contribution >= 0.6 is 0 Å². The molecule has 1 rings (SSSR count). The van der Waals surface area contributed by atoms with Crippen molar-refractivity contribution in [3.8, 4) is 0 Å². The normalized spacial score (nSPS) is 12.1. The van der Waals surface area contributed by atoms with Crippen LogP contribution in [0.2, 0.25) is 0 Å². The Morgan fingerprint density at radius 3 is 3.06 bits per heavy atom. The van der Waals surface area contributed by atoms with Crippen LogP contribution in [0.3, 0.4) is 0 Å². The minimum Gasteiger partial charge on any atom is -0.396 e. The van der Waals surface area contributed by atoms with Crippen LogP contribution in [0.5, 0.6) is 0 Å². The van der Waals surface area contributed by atoms with Crippen molar-refractivity contribution in [1.29, 1.82) is 0 Å². The fourth-order valence-corrected chi connectivity index (χ4v) is 1.45. The van der Waals surface area contributed by atoms with Crippen LogP contribution in [0.25, 0.3) is 0 Å². The molecule has 0 aliphatic carbocycles. The summed E-state index contributed by atoms with van der Waals surface area (Å²) < 4.78 is 1.24. The van der Waals surface area contributed by atoms with Gasteiger partial charge in [-0.2, -0.15) is 0 Å². The lowest BCUT2D eigenvalue weighted by Gasteiger charge is -2.13. The monoisotopic (exact) mass is 239 g/mol. The zero-order valence-corrected chi connectivity index (χ0v) is 9.80. The Kier molecular flexibility index (Phi) is 5.35. The van der Waals surface area contributed by atoms with Gasteiger partial charge in [-0.25, -0.2) is 9.78 Å². The van der Waals surface area contributed by atoms with Crippen LogP contribution in [-0.2, 0) is 11.3 Å². The molecular formula is C11H17N3O3. The predicted molar refractivity (Wildman–Crippen MR) is 62.4 cm³/mol. The molecule has 0 spiro atoms. The van der Waals surface area contributed by atoms with Gasteiger partial charge in [0.2, 0.25) is 5.91 Å². The number of nitrogens with zero attached hydrogens (tertiary/aromatic N) is 2. The van der Waals surface area contributed by atoms with Crippen molar-refractivity contribution < 1.29 is 9.90 Å². The van der Waals surface area contributed by atoms with E-state index in [-0.39, 0.29) is 25.1 Å². The summed E-state index contributed by atoms with van der Waals surface area (Å²) in [5.41, 5.74) is -0.439. The molecule has 0 fully saturated rings. The molecule has 0 bridgehead atoms. The van der Waals surface area contributed by atoms with Gasteiger partial charge >= 0.3 is 5.69 Å². The number of aliphatic hydroxyl groups excluding tert-OH is 1. The van der Waals surface area contributed by atoms with E-state index in [9.17, 15) is 9.59 Å². The molecule has 0 radical (unpaired) electrons.